The molecule has 0 unspecified atom stereocenters. The molecule has 1 aromatic rings. The van der Waals surface area contributed by atoms with Crippen LogP contribution >= 0.6 is 0 Å². The Labute approximate surface area is 185 Å². The molecule has 1 rings (SSSR count). The van der Waals surface area contributed by atoms with Crippen molar-refractivity contribution in [1.29, 1.82) is 0 Å². The normalized spacial score (nSPS) is 15.1. The fourth-order valence-electron chi connectivity index (χ4n) is 2.15. The summed E-state index contributed by atoms with van der Waals surface area (Å²) in [7, 11) is -7.59. The molecule has 0 saturated carbocycles. The van der Waals surface area contributed by atoms with Crippen molar-refractivity contribution in [1.82, 2.24) is 14.8 Å². The van der Waals surface area contributed by atoms with E-state index in [1.165, 1.54) is 19.1 Å². The Morgan fingerprint density at radius 1 is 0.968 bits per heavy atom. The van der Waals surface area contributed by atoms with E-state index in [2.05, 4.69) is 14.8 Å². The van der Waals surface area contributed by atoms with E-state index < -0.39 is 43.8 Å². The van der Waals surface area contributed by atoms with Gasteiger partial charge in [-0.05, 0) is 46.3 Å². The van der Waals surface area contributed by atoms with E-state index in [1.807, 2.05) is 6.07 Å². The van der Waals surface area contributed by atoms with Crippen LogP contribution in [0.25, 0.3) is 0 Å². The van der Waals surface area contributed by atoms with Crippen molar-refractivity contribution in [2.75, 3.05) is 0 Å². The second kappa shape index (κ2) is 11.4. The molecule has 0 heterocycles. The first-order chi connectivity index (χ1) is 14.2. The molecular formula is C20H31N3O6S2. The van der Waals surface area contributed by atoms with Crippen LogP contribution in [-0.2, 0) is 31.3 Å². The van der Waals surface area contributed by atoms with Crippen molar-refractivity contribution in [3.05, 3.63) is 58.9 Å². The van der Waals surface area contributed by atoms with Gasteiger partial charge in [0, 0.05) is 29.4 Å². The molecule has 31 heavy (non-hydrogen) atoms. The maximum absolute atomic E-state index is 12.2. The van der Waals surface area contributed by atoms with Gasteiger partial charge in [0.2, 0.25) is 20.0 Å². The fraction of sp³-hybridized carbons (Fsp3) is 0.450. The summed E-state index contributed by atoms with van der Waals surface area (Å²) in [4.78, 5) is 11.7. The molecule has 1 aromatic carbocycles. The highest BCUT2D eigenvalue weighted by atomic mass is 32.2. The zero-order valence-electron chi connectivity index (χ0n) is 18.3. The van der Waals surface area contributed by atoms with Crippen molar-refractivity contribution in [2.24, 2.45) is 0 Å². The molecule has 1 amide bonds. The van der Waals surface area contributed by atoms with Crippen LogP contribution in [0.15, 0.2) is 53.3 Å². The minimum absolute atomic E-state index is 0.124. The number of alkyl carbamates (subject to hydrolysis) is 1. The van der Waals surface area contributed by atoms with Crippen molar-refractivity contribution in [3.8, 4) is 0 Å². The van der Waals surface area contributed by atoms with Crippen LogP contribution < -0.4 is 14.8 Å². The summed E-state index contributed by atoms with van der Waals surface area (Å²) in [5.41, 5.74) is 0.131. The summed E-state index contributed by atoms with van der Waals surface area (Å²) in [6.07, 6.45) is 1.83. The molecule has 2 atom stereocenters. The lowest BCUT2D eigenvalue weighted by molar-refractivity contribution is 0.0518. The summed E-state index contributed by atoms with van der Waals surface area (Å²) in [6.45, 7) is 8.36. The van der Waals surface area contributed by atoms with Crippen LogP contribution in [0, 0.1) is 0 Å². The van der Waals surface area contributed by atoms with Gasteiger partial charge in [-0.25, -0.2) is 31.1 Å². The highest BCUT2D eigenvalue weighted by Crippen LogP contribution is 2.07. The molecule has 11 heteroatoms. The molecule has 0 aliphatic rings. The Bertz CT molecular complexity index is 981. The maximum Gasteiger partial charge on any atom is 0.408 e. The quantitative estimate of drug-likeness (QED) is 0.478. The number of hydrogen-bond acceptors (Lipinski definition) is 6. The second-order valence-corrected chi connectivity index (χ2v) is 11.1. The molecular weight excluding hydrogens is 442 g/mol. The number of sulfonamides is 2. The van der Waals surface area contributed by atoms with Gasteiger partial charge in [0.15, 0.2) is 0 Å². The van der Waals surface area contributed by atoms with Gasteiger partial charge in [-0.3, -0.25) is 0 Å². The number of hydrogen-bond donors (Lipinski definition) is 3. The molecule has 0 saturated heterocycles. The molecule has 3 N–H and O–H groups in total. The van der Waals surface area contributed by atoms with Gasteiger partial charge >= 0.3 is 6.09 Å². The lowest BCUT2D eigenvalue weighted by atomic mass is 10.2. The molecule has 0 aliphatic heterocycles. The van der Waals surface area contributed by atoms with Crippen molar-refractivity contribution >= 4 is 26.1 Å². The van der Waals surface area contributed by atoms with Gasteiger partial charge < -0.3 is 10.1 Å². The molecule has 9 nitrogen and oxygen atoms in total. The number of carbonyl (C=O) groups is 1. The average molecular weight is 474 g/mol. The molecule has 0 bridgehead atoms. The lowest BCUT2D eigenvalue weighted by Crippen LogP contribution is -2.37. The van der Waals surface area contributed by atoms with Gasteiger partial charge in [-0.1, -0.05) is 36.4 Å². The fourth-order valence-corrected chi connectivity index (χ4v) is 4.17. The first kappa shape index (κ1) is 26.8. The summed E-state index contributed by atoms with van der Waals surface area (Å²) >= 11 is 0. The molecule has 0 fully saturated rings. The van der Waals surface area contributed by atoms with Crippen molar-refractivity contribution in [2.45, 2.75) is 58.8 Å². The third-order valence-corrected chi connectivity index (χ3v) is 5.79. The number of benzene rings is 1. The smallest absolute Gasteiger partial charge is 0.408 e. The number of nitrogens with one attached hydrogen (secondary N) is 3. The van der Waals surface area contributed by atoms with E-state index >= 15 is 0 Å². The van der Waals surface area contributed by atoms with Gasteiger partial charge in [0.05, 0.1) is 0 Å². The van der Waals surface area contributed by atoms with Crippen LogP contribution in [0.2, 0.25) is 0 Å². The maximum atomic E-state index is 12.2. The monoisotopic (exact) mass is 473 g/mol. The van der Waals surface area contributed by atoms with Crippen LogP contribution in [-0.4, -0.2) is 40.6 Å². The minimum atomic E-state index is -3.86. The molecule has 0 radical (unpaired) electrons. The number of rotatable bonds is 10. The molecule has 0 aliphatic carbocycles. The first-order valence-electron chi connectivity index (χ1n) is 9.59. The summed E-state index contributed by atoms with van der Waals surface area (Å²) in [5.74, 6) is 0. The summed E-state index contributed by atoms with van der Waals surface area (Å²) in [6, 6.07) is 7.62. The third kappa shape index (κ3) is 12.9. The summed E-state index contributed by atoms with van der Waals surface area (Å²) < 4.78 is 58.2. The SMILES string of the molecule is C[C@@H](/C=C/S(=O)(=O)N[C@@H](C)/C=C/S(=O)(=O)NCc1ccccc1)NC(=O)OC(C)(C)C. The average Bonchev–Trinajstić information content (AvgIpc) is 2.62. The molecule has 0 aromatic heterocycles. The third-order valence-electron chi connectivity index (χ3n) is 3.51. The van der Waals surface area contributed by atoms with Crippen LogP contribution in [0.4, 0.5) is 4.79 Å². The number of carbonyl (C=O) groups excluding carboxylic acids is 1. The number of amides is 1. The van der Waals surface area contributed by atoms with Crippen molar-refractivity contribution < 1.29 is 26.4 Å². The van der Waals surface area contributed by atoms with Gasteiger partial charge in [0.1, 0.15) is 5.60 Å². The predicted octanol–water partition coefficient (Wildman–Crippen LogP) is 2.35. The first-order valence-corrected chi connectivity index (χ1v) is 12.7. The second-order valence-electron chi connectivity index (χ2n) is 7.90. The van der Waals surface area contributed by atoms with Crippen molar-refractivity contribution in [3.63, 3.8) is 0 Å². The van der Waals surface area contributed by atoms with E-state index in [9.17, 15) is 21.6 Å². The van der Waals surface area contributed by atoms with E-state index in [4.69, 9.17) is 4.74 Å². The van der Waals surface area contributed by atoms with Gasteiger partial charge in [0.25, 0.3) is 0 Å². The Morgan fingerprint density at radius 2 is 1.52 bits per heavy atom. The standard InChI is InChI=1S/C20H31N3O6S2/c1-16(22-19(24)29-20(3,4)5)11-14-31(27,28)23-17(2)12-13-30(25,26)21-15-18-9-7-6-8-10-18/h6-14,16-17,21,23H,15H2,1-5H3,(H,22,24)/b13-12+,14-11+/t16-,17-/m0/s1. The summed E-state index contributed by atoms with van der Waals surface area (Å²) in [5, 5.41) is 4.31. The molecule has 174 valence electrons. The topological polar surface area (TPSA) is 131 Å². The van der Waals surface area contributed by atoms with E-state index in [0.717, 1.165) is 16.4 Å². The van der Waals surface area contributed by atoms with Gasteiger partial charge in [-0.2, -0.15) is 0 Å². The Kier molecular flexibility index (Phi) is 9.88. The largest absolute Gasteiger partial charge is 0.444 e. The minimum Gasteiger partial charge on any atom is -0.444 e. The van der Waals surface area contributed by atoms with Crippen LogP contribution in [0.1, 0.15) is 40.2 Å². The molecule has 0 spiro atoms. The highest BCUT2D eigenvalue weighted by Gasteiger charge is 2.17. The Hall–Kier alpha value is -2.21. The van der Waals surface area contributed by atoms with Gasteiger partial charge in [-0.15, -0.1) is 0 Å². The Morgan fingerprint density at radius 3 is 2.10 bits per heavy atom. The van der Waals surface area contributed by atoms with Crippen LogP contribution in [0.3, 0.4) is 0 Å². The van der Waals surface area contributed by atoms with E-state index in [-0.39, 0.29) is 6.54 Å². The number of ether oxygens (including phenoxy) is 1. The zero-order valence-corrected chi connectivity index (χ0v) is 20.0. The van der Waals surface area contributed by atoms with E-state index in [0.29, 0.717) is 0 Å². The zero-order chi connectivity index (χ0) is 23.7. The predicted molar refractivity (Wildman–Crippen MR) is 121 cm³/mol. The highest BCUT2D eigenvalue weighted by molar-refractivity contribution is 7.92. The lowest BCUT2D eigenvalue weighted by Gasteiger charge is -2.21. The van der Waals surface area contributed by atoms with E-state index in [1.54, 1.807) is 52.0 Å². The van der Waals surface area contributed by atoms with Crippen LogP contribution in [0.5, 0.6) is 0 Å². The Balaban J connectivity index is 2.57.